The topological polar surface area (TPSA) is 92.4 Å². The second-order valence-corrected chi connectivity index (χ2v) is 6.34. The van der Waals surface area contributed by atoms with Gasteiger partial charge in [-0.2, -0.15) is 0 Å². The first-order valence-electron chi connectivity index (χ1n) is 5.73. The second kappa shape index (κ2) is 5.92. The lowest BCUT2D eigenvalue weighted by atomic mass is 10.2. The van der Waals surface area contributed by atoms with Gasteiger partial charge in [0.2, 0.25) is 10.0 Å². The maximum Gasteiger partial charge on any atom is 0.240 e. The van der Waals surface area contributed by atoms with Gasteiger partial charge in [0, 0.05) is 11.1 Å². The smallest absolute Gasteiger partial charge is 0.240 e. The second-order valence-electron chi connectivity index (χ2n) is 4.16. The molecule has 0 aliphatic carbocycles. The van der Waals surface area contributed by atoms with Crippen molar-refractivity contribution in [1.29, 1.82) is 0 Å². The lowest BCUT2D eigenvalue weighted by Crippen LogP contribution is -2.23. The van der Waals surface area contributed by atoms with Gasteiger partial charge in [0.15, 0.2) is 0 Å². The fraction of sp³-hybridized carbons (Fsp3) is 0.250. The van der Waals surface area contributed by atoms with Crippen molar-refractivity contribution in [1.82, 2.24) is 9.88 Å². The molecule has 6 nitrogen and oxygen atoms in total. The molecule has 1 aromatic heterocycles. The number of rotatable bonds is 5. The summed E-state index contributed by atoms with van der Waals surface area (Å²) in [4.78, 5) is 0.0335. The number of aliphatic hydroxyl groups excluding tert-OH is 1. The van der Waals surface area contributed by atoms with Crippen LogP contribution < -0.4 is 4.72 Å². The van der Waals surface area contributed by atoms with Crippen LogP contribution in [0, 0.1) is 6.92 Å². The highest BCUT2D eigenvalue weighted by Gasteiger charge is 2.16. The van der Waals surface area contributed by atoms with E-state index in [1.807, 2.05) is 0 Å². The fourth-order valence-electron chi connectivity index (χ4n) is 1.59. The van der Waals surface area contributed by atoms with Crippen molar-refractivity contribution in [2.45, 2.75) is 25.0 Å². The molecule has 0 atom stereocenters. The number of aliphatic hydroxyl groups is 1. The average molecular weight is 317 g/mol. The molecule has 2 aromatic rings. The van der Waals surface area contributed by atoms with Gasteiger partial charge in [-0.3, -0.25) is 0 Å². The van der Waals surface area contributed by atoms with E-state index >= 15 is 0 Å². The maximum atomic E-state index is 12.1. The van der Waals surface area contributed by atoms with Gasteiger partial charge in [0.05, 0.1) is 23.7 Å². The lowest BCUT2D eigenvalue weighted by molar-refractivity contribution is 0.281. The Morgan fingerprint density at radius 1 is 1.40 bits per heavy atom. The van der Waals surface area contributed by atoms with Gasteiger partial charge in [-0.05, 0) is 30.7 Å². The molecule has 8 heteroatoms. The van der Waals surface area contributed by atoms with Crippen molar-refractivity contribution in [3.8, 4) is 0 Å². The molecular weight excluding hydrogens is 304 g/mol. The van der Waals surface area contributed by atoms with E-state index in [-0.39, 0.29) is 18.0 Å². The van der Waals surface area contributed by atoms with Crippen LogP contribution in [0.4, 0.5) is 0 Å². The van der Waals surface area contributed by atoms with Crippen LogP contribution in [0.5, 0.6) is 0 Å². The molecule has 2 N–H and O–H groups in total. The summed E-state index contributed by atoms with van der Waals surface area (Å²) in [5, 5.41) is 13.1. The largest absolute Gasteiger partial charge is 0.392 e. The standard InChI is InChI=1S/C12H13ClN2O4S/c1-8-4-10(15-19-8)6-14-20(17,18)11-2-3-12(13)9(5-11)7-16/h2-5,14,16H,6-7H2,1H3. The van der Waals surface area contributed by atoms with Gasteiger partial charge in [-0.25, -0.2) is 13.1 Å². The van der Waals surface area contributed by atoms with Crippen molar-refractivity contribution >= 4 is 21.6 Å². The summed E-state index contributed by atoms with van der Waals surface area (Å²) in [6, 6.07) is 5.78. The van der Waals surface area contributed by atoms with Crippen LogP contribution in [0.15, 0.2) is 33.7 Å². The molecule has 20 heavy (non-hydrogen) atoms. The summed E-state index contributed by atoms with van der Waals surface area (Å²) in [7, 11) is -3.70. The van der Waals surface area contributed by atoms with Gasteiger partial charge in [-0.15, -0.1) is 0 Å². The first kappa shape index (κ1) is 15.0. The third-order valence-electron chi connectivity index (χ3n) is 2.62. The predicted molar refractivity (Wildman–Crippen MR) is 72.6 cm³/mol. The molecule has 0 saturated heterocycles. The van der Waals surface area contributed by atoms with E-state index in [4.69, 9.17) is 21.2 Å². The molecule has 1 heterocycles. The third kappa shape index (κ3) is 3.37. The minimum atomic E-state index is -3.70. The zero-order valence-corrected chi connectivity index (χ0v) is 12.2. The van der Waals surface area contributed by atoms with Gasteiger partial charge < -0.3 is 9.63 Å². The van der Waals surface area contributed by atoms with Crippen LogP contribution in [0.25, 0.3) is 0 Å². The summed E-state index contributed by atoms with van der Waals surface area (Å²) in [5.74, 6) is 0.605. The normalized spacial score (nSPS) is 11.8. The molecule has 0 radical (unpaired) electrons. The number of aromatic nitrogens is 1. The summed E-state index contributed by atoms with van der Waals surface area (Å²) >= 11 is 5.82. The van der Waals surface area contributed by atoms with Crippen molar-refractivity contribution in [3.05, 3.63) is 46.3 Å². The number of hydrogen-bond acceptors (Lipinski definition) is 5. The highest BCUT2D eigenvalue weighted by Crippen LogP contribution is 2.20. The zero-order valence-electron chi connectivity index (χ0n) is 10.6. The predicted octanol–water partition coefficient (Wildman–Crippen LogP) is 1.61. The summed E-state index contributed by atoms with van der Waals surface area (Å²) in [5.41, 5.74) is 0.842. The monoisotopic (exact) mass is 316 g/mol. The van der Waals surface area contributed by atoms with Gasteiger partial charge in [0.1, 0.15) is 5.76 Å². The first-order chi connectivity index (χ1) is 9.42. The van der Waals surface area contributed by atoms with Crippen LogP contribution in [0.3, 0.4) is 0 Å². The van der Waals surface area contributed by atoms with Crippen LogP contribution in [0.2, 0.25) is 5.02 Å². The van der Waals surface area contributed by atoms with Gasteiger partial charge in [0.25, 0.3) is 0 Å². The molecule has 0 aliphatic heterocycles. The molecular formula is C12H13ClN2O4S. The van der Waals surface area contributed by atoms with E-state index in [0.717, 1.165) is 0 Å². The molecule has 0 spiro atoms. The first-order valence-corrected chi connectivity index (χ1v) is 7.59. The molecule has 2 rings (SSSR count). The highest BCUT2D eigenvalue weighted by atomic mass is 35.5. The number of nitrogens with one attached hydrogen (secondary N) is 1. The Balaban J connectivity index is 2.17. The summed E-state index contributed by atoms with van der Waals surface area (Å²) in [6.45, 7) is 1.42. The van der Waals surface area contributed by atoms with E-state index in [1.165, 1.54) is 18.2 Å². The number of aryl methyl sites for hydroxylation is 1. The van der Waals surface area contributed by atoms with Crippen LogP contribution in [-0.4, -0.2) is 18.7 Å². The van der Waals surface area contributed by atoms with E-state index < -0.39 is 10.0 Å². The van der Waals surface area contributed by atoms with Crippen molar-refractivity contribution in [2.75, 3.05) is 0 Å². The Labute approximate surface area is 121 Å². The minimum Gasteiger partial charge on any atom is -0.392 e. The summed E-state index contributed by atoms with van der Waals surface area (Å²) in [6.07, 6.45) is 0. The van der Waals surface area contributed by atoms with Crippen molar-refractivity contribution in [3.63, 3.8) is 0 Å². The molecule has 0 fully saturated rings. The number of halogens is 1. The van der Waals surface area contributed by atoms with E-state index in [1.54, 1.807) is 13.0 Å². The van der Waals surface area contributed by atoms with Crippen molar-refractivity contribution < 1.29 is 18.0 Å². The van der Waals surface area contributed by atoms with Crippen LogP contribution in [0.1, 0.15) is 17.0 Å². The Morgan fingerprint density at radius 3 is 2.75 bits per heavy atom. The highest BCUT2D eigenvalue weighted by molar-refractivity contribution is 7.89. The Kier molecular flexibility index (Phi) is 4.44. The van der Waals surface area contributed by atoms with Crippen LogP contribution in [-0.2, 0) is 23.2 Å². The number of benzene rings is 1. The molecule has 0 saturated carbocycles. The number of nitrogens with zero attached hydrogens (tertiary/aromatic N) is 1. The maximum absolute atomic E-state index is 12.1. The lowest BCUT2D eigenvalue weighted by Gasteiger charge is -2.07. The molecule has 0 aliphatic rings. The van der Waals surface area contributed by atoms with Crippen molar-refractivity contribution in [2.24, 2.45) is 0 Å². The number of hydrogen-bond donors (Lipinski definition) is 2. The SMILES string of the molecule is Cc1cc(CNS(=O)(=O)c2ccc(Cl)c(CO)c2)no1. The van der Waals surface area contributed by atoms with Crippen LogP contribution >= 0.6 is 11.6 Å². The number of sulfonamides is 1. The zero-order chi connectivity index (χ0) is 14.8. The molecule has 1 aromatic carbocycles. The van der Waals surface area contributed by atoms with E-state index in [0.29, 0.717) is 22.0 Å². The molecule has 0 unspecified atom stereocenters. The molecule has 0 amide bonds. The van der Waals surface area contributed by atoms with E-state index in [2.05, 4.69) is 9.88 Å². The fourth-order valence-corrected chi connectivity index (χ4v) is 2.82. The molecule has 0 bridgehead atoms. The van der Waals surface area contributed by atoms with Gasteiger partial charge >= 0.3 is 0 Å². The molecule has 108 valence electrons. The minimum absolute atomic E-state index is 0.0246. The van der Waals surface area contributed by atoms with E-state index in [9.17, 15) is 8.42 Å². The van der Waals surface area contributed by atoms with Gasteiger partial charge in [-0.1, -0.05) is 16.8 Å². The Bertz CT molecular complexity index is 712. The summed E-state index contributed by atoms with van der Waals surface area (Å²) < 4.78 is 31.4. The quantitative estimate of drug-likeness (QED) is 0.874. The Morgan fingerprint density at radius 2 is 2.15 bits per heavy atom. The average Bonchev–Trinajstić information content (AvgIpc) is 2.83. The third-order valence-corrected chi connectivity index (χ3v) is 4.39. The Hall–Kier alpha value is -1.41.